The summed E-state index contributed by atoms with van der Waals surface area (Å²) in [5, 5.41) is 9.46. The highest BCUT2D eigenvalue weighted by Crippen LogP contribution is 2.37. The van der Waals surface area contributed by atoms with Gasteiger partial charge in [0.1, 0.15) is 5.75 Å². The molecule has 0 radical (unpaired) electrons. The third kappa shape index (κ3) is 9.84. The number of carboxylic acids is 1. The number of nitrogens with zero attached hydrogens (tertiary/aromatic N) is 1. The lowest BCUT2D eigenvalue weighted by Crippen LogP contribution is -2.31. The van der Waals surface area contributed by atoms with Crippen LogP contribution in [0.2, 0.25) is 5.02 Å². The number of hydrogen-bond donors (Lipinski definition) is 1. The summed E-state index contributed by atoms with van der Waals surface area (Å²) in [7, 11) is 0. The van der Waals surface area contributed by atoms with Crippen LogP contribution >= 0.6 is 11.6 Å². The molecule has 0 aliphatic rings. The van der Waals surface area contributed by atoms with Crippen molar-refractivity contribution in [1.82, 2.24) is 4.90 Å². The molecule has 0 saturated heterocycles. The molecule has 1 unspecified atom stereocenters. The summed E-state index contributed by atoms with van der Waals surface area (Å²) in [5.74, 6) is -0.871. The summed E-state index contributed by atoms with van der Waals surface area (Å²) in [6, 6.07) is 31.4. The number of unbranched alkanes of at least 4 members (excludes halogenated alkanes) is 1. The first-order chi connectivity index (χ1) is 21.7. The Hall–Kier alpha value is -3.81. The second-order valence-corrected chi connectivity index (χ2v) is 11.6. The SMILES string of the molecule is CCCCC(C(=O)O)c1cccc(OCCCN(Cc2cccc(C(F)(F)F)c2Cl)CC(c2ccccc2)c2ccccc2)c1. The van der Waals surface area contributed by atoms with Gasteiger partial charge in [0, 0.05) is 25.6 Å². The van der Waals surface area contributed by atoms with E-state index in [1.807, 2.05) is 55.5 Å². The number of benzene rings is 4. The van der Waals surface area contributed by atoms with Crippen LogP contribution < -0.4 is 4.74 Å². The predicted octanol–water partition coefficient (Wildman–Crippen LogP) is 9.82. The average Bonchev–Trinajstić information content (AvgIpc) is 3.03. The molecular weight excluding hydrogens is 599 g/mol. The van der Waals surface area contributed by atoms with Gasteiger partial charge in [0.15, 0.2) is 0 Å². The number of alkyl halides is 3. The van der Waals surface area contributed by atoms with E-state index < -0.39 is 23.6 Å². The summed E-state index contributed by atoms with van der Waals surface area (Å²) < 4.78 is 47.0. The third-order valence-electron chi connectivity index (χ3n) is 7.92. The van der Waals surface area contributed by atoms with Crippen LogP contribution in [-0.4, -0.2) is 35.7 Å². The van der Waals surface area contributed by atoms with Crippen LogP contribution in [0.15, 0.2) is 103 Å². The molecule has 238 valence electrons. The highest BCUT2D eigenvalue weighted by atomic mass is 35.5. The van der Waals surface area contributed by atoms with Crippen LogP contribution in [0.1, 0.15) is 72.3 Å². The highest BCUT2D eigenvalue weighted by Gasteiger charge is 2.34. The molecule has 0 bridgehead atoms. The van der Waals surface area contributed by atoms with Gasteiger partial charge >= 0.3 is 12.1 Å². The minimum absolute atomic E-state index is 0.0225. The number of ether oxygens (including phenoxy) is 1. The second-order valence-electron chi connectivity index (χ2n) is 11.2. The zero-order valence-corrected chi connectivity index (χ0v) is 26.1. The molecule has 0 heterocycles. The van der Waals surface area contributed by atoms with Gasteiger partial charge in [-0.3, -0.25) is 9.69 Å². The first-order valence-corrected chi connectivity index (χ1v) is 15.7. The summed E-state index contributed by atoms with van der Waals surface area (Å²) in [5.41, 5.74) is 2.49. The maximum Gasteiger partial charge on any atom is 0.417 e. The lowest BCUT2D eigenvalue weighted by Gasteiger charge is -2.29. The zero-order valence-electron chi connectivity index (χ0n) is 25.3. The monoisotopic (exact) mass is 637 g/mol. The van der Waals surface area contributed by atoms with Gasteiger partial charge in [-0.2, -0.15) is 13.2 Å². The van der Waals surface area contributed by atoms with Gasteiger partial charge in [-0.05, 0) is 53.3 Å². The molecule has 0 fully saturated rings. The van der Waals surface area contributed by atoms with Crippen molar-refractivity contribution >= 4 is 17.6 Å². The zero-order chi connectivity index (χ0) is 32.2. The van der Waals surface area contributed by atoms with Gasteiger partial charge in [0.2, 0.25) is 0 Å². The molecule has 45 heavy (non-hydrogen) atoms. The Kier molecular flexibility index (Phi) is 12.5. The van der Waals surface area contributed by atoms with Crippen LogP contribution in [-0.2, 0) is 17.5 Å². The van der Waals surface area contributed by atoms with E-state index >= 15 is 0 Å². The number of aliphatic carboxylic acids is 1. The van der Waals surface area contributed by atoms with E-state index in [0.717, 1.165) is 30.0 Å². The standard InChI is InChI=1S/C37H39ClF3NO3/c1-2-3-20-32(36(43)44)29-17-10-19-31(24-29)45-23-12-22-42(25-30-18-11-21-34(35(30)38)37(39,40)41)26-33(27-13-6-4-7-14-27)28-15-8-5-9-16-28/h4-11,13-19,21,24,32-33H,2-3,12,20,22-23,25-26H2,1H3,(H,43,44). The molecule has 0 spiro atoms. The summed E-state index contributed by atoms with van der Waals surface area (Å²) in [6.07, 6.45) is -1.66. The number of carbonyl (C=O) groups is 1. The van der Waals surface area contributed by atoms with Crippen molar-refractivity contribution in [3.8, 4) is 5.75 Å². The molecular formula is C37H39ClF3NO3. The van der Waals surface area contributed by atoms with Crippen molar-refractivity contribution in [1.29, 1.82) is 0 Å². The minimum Gasteiger partial charge on any atom is -0.494 e. The fourth-order valence-corrected chi connectivity index (χ4v) is 5.86. The van der Waals surface area contributed by atoms with E-state index in [2.05, 4.69) is 29.2 Å². The van der Waals surface area contributed by atoms with Gasteiger partial charge in [-0.25, -0.2) is 0 Å². The van der Waals surface area contributed by atoms with Crippen molar-refractivity contribution in [2.75, 3.05) is 19.7 Å². The van der Waals surface area contributed by atoms with Crippen LogP contribution in [0.25, 0.3) is 0 Å². The van der Waals surface area contributed by atoms with Gasteiger partial charge in [-0.15, -0.1) is 0 Å². The van der Waals surface area contributed by atoms with Crippen LogP contribution in [0.3, 0.4) is 0 Å². The molecule has 0 aliphatic carbocycles. The molecule has 4 rings (SSSR count). The van der Waals surface area contributed by atoms with Crippen LogP contribution in [0, 0.1) is 0 Å². The van der Waals surface area contributed by atoms with Crippen molar-refractivity contribution in [2.24, 2.45) is 0 Å². The molecule has 0 aliphatic heterocycles. The van der Waals surface area contributed by atoms with Gasteiger partial charge in [-0.1, -0.05) is 116 Å². The quantitative estimate of drug-likeness (QED) is 0.124. The number of rotatable bonds is 16. The molecule has 1 N–H and O–H groups in total. The topological polar surface area (TPSA) is 49.8 Å². The smallest absolute Gasteiger partial charge is 0.417 e. The number of carboxylic acid groups (broad SMARTS) is 1. The van der Waals surface area contributed by atoms with E-state index in [1.54, 1.807) is 18.2 Å². The first-order valence-electron chi connectivity index (χ1n) is 15.3. The van der Waals surface area contributed by atoms with Crippen LogP contribution in [0.4, 0.5) is 13.2 Å². The molecule has 8 heteroatoms. The first kappa shape index (κ1) is 34.1. The van der Waals surface area contributed by atoms with E-state index in [-0.39, 0.29) is 17.5 Å². The Bertz CT molecular complexity index is 1460. The number of halogens is 4. The Balaban J connectivity index is 1.53. The molecule has 1 atom stereocenters. The lowest BCUT2D eigenvalue weighted by atomic mass is 9.90. The van der Waals surface area contributed by atoms with Gasteiger partial charge < -0.3 is 9.84 Å². The minimum atomic E-state index is -4.55. The Morgan fingerprint density at radius 2 is 1.49 bits per heavy atom. The van der Waals surface area contributed by atoms with E-state index in [1.165, 1.54) is 6.07 Å². The molecule has 0 saturated carbocycles. The van der Waals surface area contributed by atoms with Gasteiger partial charge in [0.25, 0.3) is 0 Å². The fourth-order valence-electron chi connectivity index (χ4n) is 5.57. The van der Waals surface area contributed by atoms with Crippen LogP contribution in [0.5, 0.6) is 5.75 Å². The van der Waals surface area contributed by atoms with Crippen molar-refractivity contribution in [3.63, 3.8) is 0 Å². The highest BCUT2D eigenvalue weighted by molar-refractivity contribution is 6.32. The fraction of sp³-hybridized carbons (Fsp3) is 0.324. The molecule has 0 aromatic heterocycles. The summed E-state index contributed by atoms with van der Waals surface area (Å²) in [6.45, 7) is 3.70. The van der Waals surface area contributed by atoms with E-state index in [9.17, 15) is 23.1 Å². The number of hydrogen-bond acceptors (Lipinski definition) is 3. The van der Waals surface area contributed by atoms with Crippen molar-refractivity contribution < 1.29 is 27.8 Å². The van der Waals surface area contributed by atoms with E-state index in [0.29, 0.717) is 49.4 Å². The Morgan fingerprint density at radius 1 is 0.867 bits per heavy atom. The largest absolute Gasteiger partial charge is 0.494 e. The predicted molar refractivity (Wildman–Crippen MR) is 173 cm³/mol. The maximum absolute atomic E-state index is 13.7. The molecule has 0 amide bonds. The second kappa shape index (κ2) is 16.5. The Labute approximate surface area is 268 Å². The van der Waals surface area contributed by atoms with Crippen molar-refractivity contribution in [2.45, 2.75) is 57.2 Å². The third-order valence-corrected chi connectivity index (χ3v) is 8.36. The molecule has 4 nitrogen and oxygen atoms in total. The lowest BCUT2D eigenvalue weighted by molar-refractivity contribution is -0.139. The van der Waals surface area contributed by atoms with Gasteiger partial charge in [0.05, 0.1) is 23.1 Å². The average molecular weight is 638 g/mol. The van der Waals surface area contributed by atoms with E-state index in [4.69, 9.17) is 16.3 Å². The summed E-state index contributed by atoms with van der Waals surface area (Å²) >= 11 is 6.33. The summed E-state index contributed by atoms with van der Waals surface area (Å²) in [4.78, 5) is 14.0. The molecule has 4 aromatic carbocycles. The Morgan fingerprint density at radius 3 is 2.09 bits per heavy atom. The molecule has 4 aromatic rings. The normalized spacial score (nSPS) is 12.4. The van der Waals surface area contributed by atoms with Crippen molar-refractivity contribution in [3.05, 3.63) is 136 Å². The maximum atomic E-state index is 13.7.